The van der Waals surface area contributed by atoms with E-state index >= 15 is 0 Å². The van der Waals surface area contributed by atoms with Gasteiger partial charge in [-0.25, -0.2) is 4.79 Å². The van der Waals surface area contributed by atoms with E-state index in [4.69, 9.17) is 4.42 Å². The van der Waals surface area contributed by atoms with Gasteiger partial charge in [-0.1, -0.05) is 30.3 Å². The molecule has 0 aliphatic heterocycles. The number of carboxylic acids is 1. The number of benzene rings is 2. The van der Waals surface area contributed by atoms with Crippen molar-refractivity contribution < 1.29 is 24.2 Å². The molecule has 0 saturated heterocycles. The van der Waals surface area contributed by atoms with Gasteiger partial charge in [0.2, 0.25) is 5.91 Å². The quantitative estimate of drug-likeness (QED) is 0.614. The smallest absolute Gasteiger partial charge is 0.339 e. The molecular weight excluding hydrogens is 374 g/mol. The molecule has 1 atom stereocenters. The summed E-state index contributed by atoms with van der Waals surface area (Å²) in [6.45, 7) is 3.40. The highest BCUT2D eigenvalue weighted by Gasteiger charge is 2.18. The summed E-state index contributed by atoms with van der Waals surface area (Å²) in [5, 5.41) is 24.3. The van der Waals surface area contributed by atoms with Gasteiger partial charge < -0.3 is 24.7 Å². The first kappa shape index (κ1) is 20.1. The average molecular weight is 394 g/mol. The van der Waals surface area contributed by atoms with Crippen molar-refractivity contribution in [1.82, 2.24) is 5.32 Å². The van der Waals surface area contributed by atoms with E-state index in [1.807, 2.05) is 0 Å². The predicted molar refractivity (Wildman–Crippen MR) is 104 cm³/mol. The van der Waals surface area contributed by atoms with Crippen molar-refractivity contribution in [2.45, 2.75) is 32.7 Å². The highest BCUT2D eigenvalue weighted by molar-refractivity contribution is 5.86. The van der Waals surface area contributed by atoms with E-state index in [-0.39, 0.29) is 18.6 Å². The van der Waals surface area contributed by atoms with Crippen LogP contribution in [0.1, 0.15) is 34.7 Å². The Labute approximate surface area is 166 Å². The van der Waals surface area contributed by atoms with Crippen molar-refractivity contribution in [3.63, 3.8) is 0 Å². The average Bonchev–Trinajstić information content (AvgIpc) is 2.69. The van der Waals surface area contributed by atoms with Gasteiger partial charge in [0.25, 0.3) is 0 Å². The molecule has 0 fully saturated rings. The minimum Gasteiger partial charge on any atom is -0.548 e. The number of amides is 1. The highest BCUT2D eigenvalue weighted by Crippen LogP contribution is 2.28. The summed E-state index contributed by atoms with van der Waals surface area (Å²) in [7, 11) is 0. The lowest BCUT2D eigenvalue weighted by Crippen LogP contribution is -2.41. The van der Waals surface area contributed by atoms with E-state index in [0.29, 0.717) is 33.2 Å². The third-order valence-electron chi connectivity index (χ3n) is 4.95. The van der Waals surface area contributed by atoms with Crippen LogP contribution in [-0.2, 0) is 16.0 Å². The second-order valence-electron chi connectivity index (χ2n) is 6.81. The Morgan fingerprint density at radius 2 is 1.79 bits per heavy atom. The molecule has 0 saturated carbocycles. The zero-order valence-corrected chi connectivity index (χ0v) is 16.0. The van der Waals surface area contributed by atoms with E-state index in [1.54, 1.807) is 50.2 Å². The fourth-order valence-electron chi connectivity index (χ4n) is 3.26. The van der Waals surface area contributed by atoms with Crippen LogP contribution in [0.2, 0.25) is 0 Å². The molecule has 0 aliphatic rings. The Morgan fingerprint density at radius 3 is 2.45 bits per heavy atom. The van der Waals surface area contributed by atoms with E-state index in [9.17, 15) is 24.6 Å². The molecule has 0 spiro atoms. The number of aromatic hydroxyl groups is 1. The number of phenolic OH excluding ortho intramolecular Hbond substituents is 1. The second kappa shape index (κ2) is 8.18. The monoisotopic (exact) mass is 394 g/mol. The molecule has 7 heteroatoms. The highest BCUT2D eigenvalue weighted by atomic mass is 16.4. The molecule has 3 rings (SSSR count). The van der Waals surface area contributed by atoms with Gasteiger partial charge in [0, 0.05) is 22.9 Å². The van der Waals surface area contributed by atoms with E-state index in [1.165, 1.54) is 6.07 Å². The van der Waals surface area contributed by atoms with Crippen LogP contribution in [0.25, 0.3) is 11.0 Å². The molecule has 0 aliphatic carbocycles. The first-order valence-electron chi connectivity index (χ1n) is 9.09. The maximum Gasteiger partial charge on any atom is 0.339 e. The van der Waals surface area contributed by atoms with Gasteiger partial charge >= 0.3 is 5.63 Å². The minimum atomic E-state index is -1.42. The summed E-state index contributed by atoms with van der Waals surface area (Å²) in [5.41, 5.74) is 1.58. The van der Waals surface area contributed by atoms with Crippen LogP contribution in [0, 0.1) is 13.8 Å². The molecule has 0 unspecified atom stereocenters. The summed E-state index contributed by atoms with van der Waals surface area (Å²) < 4.78 is 5.35. The SMILES string of the molecule is Cc1c(CCC(=O)N[C@@H](C(=O)[O-])c2ccccc2)c(=O)oc2c(C)c(O)ccc12. The van der Waals surface area contributed by atoms with Crippen molar-refractivity contribution in [3.8, 4) is 5.75 Å². The van der Waals surface area contributed by atoms with Gasteiger partial charge in [-0.05, 0) is 43.5 Å². The number of carbonyl (C=O) groups excluding carboxylic acids is 2. The Kier molecular flexibility index (Phi) is 5.68. The van der Waals surface area contributed by atoms with Crippen molar-refractivity contribution in [3.05, 3.63) is 75.1 Å². The predicted octanol–water partition coefficient (Wildman–Crippen LogP) is 1.66. The molecule has 7 nitrogen and oxygen atoms in total. The van der Waals surface area contributed by atoms with Crippen LogP contribution in [0.5, 0.6) is 5.75 Å². The molecule has 0 radical (unpaired) electrons. The second-order valence-corrected chi connectivity index (χ2v) is 6.81. The number of aryl methyl sites for hydroxylation is 2. The summed E-state index contributed by atoms with van der Waals surface area (Å²) in [6.07, 6.45) is -0.00475. The zero-order chi connectivity index (χ0) is 21.1. The number of carboxylic acid groups (broad SMARTS) is 1. The third kappa shape index (κ3) is 4.13. The van der Waals surface area contributed by atoms with Gasteiger partial charge in [0.15, 0.2) is 0 Å². The number of nitrogens with one attached hydrogen (secondary N) is 1. The largest absolute Gasteiger partial charge is 0.548 e. The summed E-state index contributed by atoms with van der Waals surface area (Å²) in [4.78, 5) is 36.1. The van der Waals surface area contributed by atoms with E-state index in [2.05, 4.69) is 5.32 Å². The zero-order valence-electron chi connectivity index (χ0n) is 16.0. The van der Waals surface area contributed by atoms with Crippen LogP contribution >= 0.6 is 0 Å². The number of aliphatic carboxylic acids is 1. The van der Waals surface area contributed by atoms with Crippen LogP contribution < -0.4 is 16.0 Å². The van der Waals surface area contributed by atoms with Gasteiger partial charge in [0.05, 0.1) is 12.0 Å². The molecule has 2 aromatic carbocycles. The van der Waals surface area contributed by atoms with Crippen molar-refractivity contribution in [2.75, 3.05) is 0 Å². The number of fused-ring (bicyclic) bond motifs is 1. The van der Waals surface area contributed by atoms with Crippen LogP contribution in [0.3, 0.4) is 0 Å². The standard InChI is InChI=1S/C22H21NO6/c1-12-15-8-10-17(24)13(2)20(15)29-22(28)16(12)9-11-18(25)23-19(21(26)27)14-6-4-3-5-7-14/h3-8,10,19,24H,9,11H2,1-2H3,(H,23,25)(H,26,27)/p-1/t19-/m1/s1. The number of carbonyl (C=O) groups is 2. The molecule has 2 N–H and O–H groups in total. The normalized spacial score (nSPS) is 11.9. The number of hydrogen-bond donors (Lipinski definition) is 2. The first-order valence-corrected chi connectivity index (χ1v) is 9.09. The molecule has 0 bridgehead atoms. The van der Waals surface area contributed by atoms with Gasteiger partial charge in [0.1, 0.15) is 11.3 Å². The number of rotatable bonds is 6. The summed E-state index contributed by atoms with van der Waals surface area (Å²) in [6, 6.07) is 10.1. The van der Waals surface area contributed by atoms with Crippen molar-refractivity contribution in [2.24, 2.45) is 0 Å². The molecule has 1 aromatic heterocycles. The molecule has 3 aromatic rings. The maximum absolute atomic E-state index is 12.4. The van der Waals surface area contributed by atoms with Crippen molar-refractivity contribution >= 4 is 22.8 Å². The summed E-state index contributed by atoms with van der Waals surface area (Å²) in [5.74, 6) is -1.91. The first-order chi connectivity index (χ1) is 13.8. The van der Waals surface area contributed by atoms with Crippen LogP contribution in [0.15, 0.2) is 51.7 Å². The Hall–Kier alpha value is -3.61. The molecular formula is C22H20NO6-. The van der Waals surface area contributed by atoms with Gasteiger partial charge in [-0.2, -0.15) is 0 Å². The topological polar surface area (TPSA) is 120 Å². The lowest BCUT2D eigenvalue weighted by molar-refractivity contribution is -0.308. The minimum absolute atomic E-state index is 0.0291. The van der Waals surface area contributed by atoms with Crippen LogP contribution in [0.4, 0.5) is 0 Å². The van der Waals surface area contributed by atoms with E-state index < -0.39 is 23.5 Å². The van der Waals surface area contributed by atoms with Gasteiger partial charge in [-0.3, -0.25) is 4.79 Å². The Bertz CT molecular complexity index is 1130. The Balaban J connectivity index is 1.80. The van der Waals surface area contributed by atoms with E-state index in [0.717, 1.165) is 0 Å². The number of hydrogen-bond acceptors (Lipinski definition) is 6. The lowest BCUT2D eigenvalue weighted by Gasteiger charge is -2.20. The van der Waals surface area contributed by atoms with Crippen LogP contribution in [-0.4, -0.2) is 17.0 Å². The number of phenols is 1. The van der Waals surface area contributed by atoms with Gasteiger partial charge in [-0.15, -0.1) is 0 Å². The maximum atomic E-state index is 12.4. The van der Waals surface area contributed by atoms with Crippen molar-refractivity contribution in [1.29, 1.82) is 0 Å². The molecule has 29 heavy (non-hydrogen) atoms. The lowest BCUT2D eigenvalue weighted by atomic mass is 10.00. The molecule has 1 amide bonds. The molecule has 1 heterocycles. The third-order valence-corrected chi connectivity index (χ3v) is 4.95. The molecule has 150 valence electrons. The summed E-state index contributed by atoms with van der Waals surface area (Å²) >= 11 is 0. The Morgan fingerprint density at radius 1 is 1.10 bits per heavy atom. The fourth-order valence-corrected chi connectivity index (χ4v) is 3.26. The fraction of sp³-hybridized carbons (Fsp3) is 0.227.